The largest absolute Gasteiger partial charge is 0.397 e. The summed E-state index contributed by atoms with van der Waals surface area (Å²) >= 11 is 1.62. The van der Waals surface area contributed by atoms with Crippen molar-refractivity contribution in [3.05, 3.63) is 95.3 Å². The number of nitrogen functional groups attached to an aromatic ring is 1. The Bertz CT molecular complexity index is 759. The molecule has 0 amide bonds. The van der Waals surface area contributed by atoms with Gasteiger partial charge in [-0.2, -0.15) is 0 Å². The standard InChI is InChI=1S/C19H16F2N2S/c20-15-7-3-13(4-8-15)19(14-5-9-16(21)10-6-14)24-12-18-17(22)2-1-11-23-18/h1-11,19H,12,22H2. The SMILES string of the molecule is Nc1cccnc1CSC(c1ccc(F)cc1)c1ccc(F)cc1. The van der Waals surface area contributed by atoms with Crippen LogP contribution < -0.4 is 5.73 Å². The van der Waals surface area contributed by atoms with Crippen LogP contribution in [-0.2, 0) is 5.75 Å². The molecule has 1 aromatic heterocycles. The molecule has 3 aromatic rings. The van der Waals surface area contributed by atoms with Crippen molar-refractivity contribution in [1.82, 2.24) is 4.98 Å². The van der Waals surface area contributed by atoms with Crippen molar-refractivity contribution >= 4 is 17.4 Å². The topological polar surface area (TPSA) is 38.9 Å². The van der Waals surface area contributed by atoms with Crippen molar-refractivity contribution in [2.24, 2.45) is 0 Å². The van der Waals surface area contributed by atoms with E-state index in [-0.39, 0.29) is 16.9 Å². The van der Waals surface area contributed by atoms with Crippen molar-refractivity contribution in [1.29, 1.82) is 0 Å². The number of nitrogens with zero attached hydrogens (tertiary/aromatic N) is 1. The average molecular weight is 342 g/mol. The molecule has 0 saturated carbocycles. The number of aromatic nitrogens is 1. The minimum atomic E-state index is -0.282. The molecule has 2 aromatic carbocycles. The minimum Gasteiger partial charge on any atom is -0.397 e. The Kier molecular flexibility index (Phi) is 5.11. The van der Waals surface area contributed by atoms with Crippen LogP contribution in [-0.4, -0.2) is 4.98 Å². The van der Waals surface area contributed by atoms with Gasteiger partial charge in [0.15, 0.2) is 0 Å². The third kappa shape index (κ3) is 3.92. The Morgan fingerprint density at radius 1 is 0.875 bits per heavy atom. The van der Waals surface area contributed by atoms with Crippen molar-refractivity contribution in [3.8, 4) is 0 Å². The van der Waals surface area contributed by atoms with Crippen LogP contribution in [0.2, 0.25) is 0 Å². The van der Waals surface area contributed by atoms with Gasteiger partial charge in [0.25, 0.3) is 0 Å². The zero-order valence-corrected chi connectivity index (χ0v) is 13.6. The van der Waals surface area contributed by atoms with Gasteiger partial charge >= 0.3 is 0 Å². The van der Waals surface area contributed by atoms with Gasteiger partial charge in [0.05, 0.1) is 16.6 Å². The maximum atomic E-state index is 13.2. The predicted molar refractivity (Wildman–Crippen MR) is 94.6 cm³/mol. The molecular formula is C19H16F2N2S. The highest BCUT2D eigenvalue weighted by molar-refractivity contribution is 7.98. The zero-order chi connectivity index (χ0) is 16.9. The lowest BCUT2D eigenvalue weighted by molar-refractivity contribution is 0.626. The van der Waals surface area contributed by atoms with E-state index in [1.54, 1.807) is 48.3 Å². The summed E-state index contributed by atoms with van der Waals surface area (Å²) < 4.78 is 26.5. The molecule has 3 rings (SSSR count). The van der Waals surface area contributed by atoms with Gasteiger partial charge < -0.3 is 5.73 Å². The molecule has 0 aliphatic heterocycles. The molecule has 0 atom stereocenters. The number of anilines is 1. The van der Waals surface area contributed by atoms with E-state index in [1.165, 1.54) is 24.3 Å². The van der Waals surface area contributed by atoms with Gasteiger partial charge in [-0.05, 0) is 47.5 Å². The highest BCUT2D eigenvalue weighted by Crippen LogP contribution is 2.38. The molecule has 1 heterocycles. The first-order valence-corrected chi connectivity index (χ1v) is 8.50. The summed E-state index contributed by atoms with van der Waals surface area (Å²) in [4.78, 5) is 4.30. The van der Waals surface area contributed by atoms with Crippen LogP contribution >= 0.6 is 11.8 Å². The second-order valence-corrected chi connectivity index (χ2v) is 6.43. The van der Waals surface area contributed by atoms with E-state index in [9.17, 15) is 8.78 Å². The number of hydrogen-bond donors (Lipinski definition) is 1. The third-order valence-corrected chi connectivity index (χ3v) is 4.98. The molecular weight excluding hydrogens is 326 g/mol. The summed E-state index contributed by atoms with van der Waals surface area (Å²) in [6, 6.07) is 16.3. The average Bonchev–Trinajstić information content (AvgIpc) is 2.59. The van der Waals surface area contributed by atoms with Gasteiger partial charge in [-0.25, -0.2) is 8.78 Å². The molecule has 24 heavy (non-hydrogen) atoms. The molecule has 2 nitrogen and oxygen atoms in total. The van der Waals surface area contributed by atoms with Crippen LogP contribution in [0.5, 0.6) is 0 Å². The molecule has 0 unspecified atom stereocenters. The van der Waals surface area contributed by atoms with Crippen LogP contribution in [0.25, 0.3) is 0 Å². The lowest BCUT2D eigenvalue weighted by Gasteiger charge is -2.18. The van der Waals surface area contributed by atoms with Gasteiger partial charge in [-0.1, -0.05) is 24.3 Å². The molecule has 122 valence electrons. The van der Waals surface area contributed by atoms with E-state index in [1.807, 2.05) is 6.07 Å². The maximum absolute atomic E-state index is 13.2. The zero-order valence-electron chi connectivity index (χ0n) is 12.8. The number of pyridine rings is 1. The number of halogens is 2. The molecule has 2 N–H and O–H groups in total. The fraction of sp³-hybridized carbons (Fsp3) is 0.105. The fourth-order valence-corrected chi connectivity index (χ4v) is 3.66. The molecule has 0 radical (unpaired) electrons. The number of thioether (sulfide) groups is 1. The highest BCUT2D eigenvalue weighted by atomic mass is 32.2. The summed E-state index contributed by atoms with van der Waals surface area (Å²) in [6.07, 6.45) is 1.71. The van der Waals surface area contributed by atoms with Crippen molar-refractivity contribution in [2.75, 3.05) is 5.73 Å². The maximum Gasteiger partial charge on any atom is 0.123 e. The molecule has 5 heteroatoms. The lowest BCUT2D eigenvalue weighted by Crippen LogP contribution is -2.01. The summed E-state index contributed by atoms with van der Waals surface area (Å²) in [5.74, 6) is 0.0395. The van der Waals surface area contributed by atoms with Crippen LogP contribution in [0.15, 0.2) is 66.9 Å². The molecule has 0 aliphatic rings. The van der Waals surface area contributed by atoms with Crippen LogP contribution in [0.3, 0.4) is 0 Å². The molecule has 0 bridgehead atoms. The van der Waals surface area contributed by atoms with E-state index in [0.29, 0.717) is 11.4 Å². The van der Waals surface area contributed by atoms with Gasteiger partial charge in [-0.3, -0.25) is 4.98 Å². The summed E-state index contributed by atoms with van der Waals surface area (Å²) in [6.45, 7) is 0. The normalized spacial score (nSPS) is 11.0. The second-order valence-electron chi connectivity index (χ2n) is 5.33. The summed E-state index contributed by atoms with van der Waals surface area (Å²) in [5, 5.41) is -0.0624. The van der Waals surface area contributed by atoms with Gasteiger partial charge in [0.1, 0.15) is 11.6 Å². The number of rotatable bonds is 5. The first kappa shape index (κ1) is 16.5. The smallest absolute Gasteiger partial charge is 0.123 e. The Morgan fingerprint density at radius 2 is 1.42 bits per heavy atom. The van der Waals surface area contributed by atoms with Crippen molar-refractivity contribution in [2.45, 2.75) is 11.0 Å². The minimum absolute atomic E-state index is 0.0624. The Morgan fingerprint density at radius 3 is 1.92 bits per heavy atom. The van der Waals surface area contributed by atoms with Gasteiger partial charge in [0, 0.05) is 11.9 Å². The van der Waals surface area contributed by atoms with Gasteiger partial charge in [0.2, 0.25) is 0 Å². The monoisotopic (exact) mass is 342 g/mol. The van der Waals surface area contributed by atoms with E-state index in [0.717, 1.165) is 16.8 Å². The van der Waals surface area contributed by atoms with E-state index < -0.39 is 0 Å². The quantitative estimate of drug-likeness (QED) is 0.712. The first-order valence-electron chi connectivity index (χ1n) is 7.45. The number of benzene rings is 2. The fourth-order valence-electron chi connectivity index (χ4n) is 2.39. The first-order chi connectivity index (χ1) is 11.6. The predicted octanol–water partition coefficient (Wildman–Crippen LogP) is 4.96. The van der Waals surface area contributed by atoms with Crippen LogP contribution in [0.1, 0.15) is 22.1 Å². The van der Waals surface area contributed by atoms with Crippen molar-refractivity contribution < 1.29 is 8.78 Å². The second kappa shape index (κ2) is 7.45. The molecule has 0 aliphatic carbocycles. The number of hydrogen-bond acceptors (Lipinski definition) is 3. The van der Waals surface area contributed by atoms with Crippen molar-refractivity contribution in [3.63, 3.8) is 0 Å². The van der Waals surface area contributed by atoms with Crippen LogP contribution in [0, 0.1) is 11.6 Å². The van der Waals surface area contributed by atoms with Gasteiger partial charge in [-0.15, -0.1) is 11.8 Å². The van der Waals surface area contributed by atoms with E-state index in [2.05, 4.69) is 4.98 Å². The third-order valence-electron chi connectivity index (χ3n) is 3.66. The Balaban J connectivity index is 1.88. The molecule has 0 saturated heterocycles. The van der Waals surface area contributed by atoms with Crippen LogP contribution in [0.4, 0.5) is 14.5 Å². The van der Waals surface area contributed by atoms with E-state index in [4.69, 9.17) is 5.73 Å². The summed E-state index contributed by atoms with van der Waals surface area (Å²) in [7, 11) is 0. The highest BCUT2D eigenvalue weighted by Gasteiger charge is 2.16. The Hall–Kier alpha value is -2.40. The summed E-state index contributed by atoms with van der Waals surface area (Å²) in [5.41, 5.74) is 9.29. The molecule has 0 spiro atoms. The lowest BCUT2D eigenvalue weighted by atomic mass is 10.0. The number of nitrogens with two attached hydrogens (primary N) is 1. The Labute approximate surface area is 143 Å². The van der Waals surface area contributed by atoms with E-state index >= 15 is 0 Å². The molecule has 0 fully saturated rings.